The molecule has 3 aromatic rings. The molecule has 0 radical (unpaired) electrons. The van der Waals surface area contributed by atoms with Crippen molar-refractivity contribution in [2.45, 2.75) is 64.1 Å². The highest BCUT2D eigenvalue weighted by molar-refractivity contribution is 5.71. The van der Waals surface area contributed by atoms with Crippen molar-refractivity contribution in [1.82, 2.24) is 5.32 Å². The standard InChI is InChI=1S/C32H39NO7/c1-32(2,3)40-31(37)33-27(20-24-15-9-5-10-16-24)29(39-22-38-21-25-17-11-6-12-18-25)28(34)26(30(35)36)19-23-13-7-4-8-14-23/h4-18,26-29,34H,19-22H2,1-3H3,(H,33,37)(H,35,36)/t26?,27-,28-,29+/m0/s1. The number of carboxylic acid groups (broad SMARTS) is 1. The smallest absolute Gasteiger partial charge is 0.407 e. The summed E-state index contributed by atoms with van der Waals surface area (Å²) in [6.45, 7) is 5.28. The molecule has 3 aromatic carbocycles. The van der Waals surface area contributed by atoms with Gasteiger partial charge in [-0.05, 0) is 50.3 Å². The molecule has 0 aliphatic heterocycles. The van der Waals surface area contributed by atoms with E-state index in [1.807, 2.05) is 91.0 Å². The largest absolute Gasteiger partial charge is 0.481 e. The Bertz CT molecular complexity index is 1170. The van der Waals surface area contributed by atoms with Gasteiger partial charge in [-0.15, -0.1) is 0 Å². The number of hydrogen-bond donors (Lipinski definition) is 3. The molecule has 0 heterocycles. The van der Waals surface area contributed by atoms with Crippen molar-refractivity contribution in [3.05, 3.63) is 108 Å². The van der Waals surface area contributed by atoms with E-state index in [1.54, 1.807) is 20.8 Å². The maximum Gasteiger partial charge on any atom is 0.407 e. The Kier molecular flexibility index (Phi) is 11.7. The van der Waals surface area contributed by atoms with Crippen molar-refractivity contribution in [3.63, 3.8) is 0 Å². The fourth-order valence-corrected chi connectivity index (χ4v) is 4.34. The van der Waals surface area contributed by atoms with Crippen molar-refractivity contribution in [2.24, 2.45) is 5.92 Å². The van der Waals surface area contributed by atoms with Crippen molar-refractivity contribution in [2.75, 3.05) is 6.79 Å². The predicted molar refractivity (Wildman–Crippen MR) is 152 cm³/mol. The van der Waals surface area contributed by atoms with Crippen molar-refractivity contribution >= 4 is 12.1 Å². The third kappa shape index (κ3) is 10.4. The molecule has 214 valence electrons. The summed E-state index contributed by atoms with van der Waals surface area (Å²) in [6, 6.07) is 27.2. The zero-order chi connectivity index (χ0) is 29.0. The molecule has 0 bridgehead atoms. The summed E-state index contributed by atoms with van der Waals surface area (Å²) in [7, 11) is 0. The van der Waals surface area contributed by atoms with Crippen LogP contribution in [0.2, 0.25) is 0 Å². The lowest BCUT2D eigenvalue weighted by Crippen LogP contribution is -2.55. The van der Waals surface area contributed by atoms with Crippen LogP contribution in [0.3, 0.4) is 0 Å². The van der Waals surface area contributed by atoms with Crippen molar-refractivity contribution in [3.8, 4) is 0 Å². The maximum atomic E-state index is 12.9. The Morgan fingerprint density at radius 3 is 1.80 bits per heavy atom. The predicted octanol–water partition coefficient (Wildman–Crippen LogP) is 4.99. The lowest BCUT2D eigenvalue weighted by Gasteiger charge is -2.34. The summed E-state index contributed by atoms with van der Waals surface area (Å²) in [5.41, 5.74) is 1.80. The van der Waals surface area contributed by atoms with Crippen LogP contribution < -0.4 is 5.32 Å². The Balaban J connectivity index is 1.88. The molecule has 0 aliphatic carbocycles. The van der Waals surface area contributed by atoms with Gasteiger partial charge in [0.05, 0.1) is 24.7 Å². The number of carbonyl (C=O) groups excluding carboxylic acids is 1. The van der Waals surface area contributed by atoms with Gasteiger partial charge in [-0.2, -0.15) is 0 Å². The van der Waals surface area contributed by atoms with Gasteiger partial charge in [0.1, 0.15) is 18.5 Å². The average Bonchev–Trinajstić information content (AvgIpc) is 2.91. The summed E-state index contributed by atoms with van der Waals surface area (Å²) < 4.78 is 17.3. The molecule has 8 nitrogen and oxygen atoms in total. The number of alkyl carbamates (subject to hydrolysis) is 1. The number of ether oxygens (including phenoxy) is 3. The number of rotatable bonds is 14. The highest BCUT2D eigenvalue weighted by Gasteiger charge is 2.39. The van der Waals surface area contributed by atoms with E-state index in [0.29, 0.717) is 0 Å². The third-order valence-corrected chi connectivity index (χ3v) is 6.22. The summed E-state index contributed by atoms with van der Waals surface area (Å²) in [5, 5.41) is 24.5. The summed E-state index contributed by atoms with van der Waals surface area (Å²) in [4.78, 5) is 25.3. The normalized spacial score (nSPS) is 14.5. The number of hydrogen-bond acceptors (Lipinski definition) is 6. The van der Waals surface area contributed by atoms with Gasteiger partial charge in [-0.3, -0.25) is 4.79 Å². The van der Waals surface area contributed by atoms with Crippen molar-refractivity contribution in [1.29, 1.82) is 0 Å². The first-order valence-electron chi connectivity index (χ1n) is 13.3. The Labute approximate surface area is 235 Å². The van der Waals surface area contributed by atoms with Crippen LogP contribution in [0.15, 0.2) is 91.0 Å². The van der Waals surface area contributed by atoms with Gasteiger partial charge in [0.2, 0.25) is 0 Å². The molecule has 40 heavy (non-hydrogen) atoms. The van der Waals surface area contributed by atoms with Crippen LogP contribution in [0, 0.1) is 5.92 Å². The second kappa shape index (κ2) is 15.2. The maximum absolute atomic E-state index is 12.9. The van der Waals surface area contributed by atoms with Crippen LogP contribution in [0.1, 0.15) is 37.5 Å². The number of aliphatic hydroxyl groups excluding tert-OH is 1. The molecular weight excluding hydrogens is 510 g/mol. The molecule has 0 fully saturated rings. The second-order valence-electron chi connectivity index (χ2n) is 10.7. The SMILES string of the molecule is CC(C)(C)OC(=O)N[C@@H](Cc1ccccc1)[C@@H](OCOCc1ccccc1)[C@@H](O)C(Cc1ccccc1)C(=O)O. The van der Waals surface area contributed by atoms with E-state index >= 15 is 0 Å². The van der Waals surface area contributed by atoms with Gasteiger partial charge in [0.25, 0.3) is 0 Å². The van der Waals surface area contributed by atoms with Crippen LogP contribution in [0.25, 0.3) is 0 Å². The number of aliphatic carboxylic acids is 1. The van der Waals surface area contributed by atoms with E-state index in [1.165, 1.54) is 0 Å². The van der Waals surface area contributed by atoms with Gasteiger partial charge in [-0.1, -0.05) is 91.0 Å². The van der Waals surface area contributed by atoms with E-state index < -0.39 is 41.8 Å². The average molecular weight is 550 g/mol. The number of aliphatic hydroxyl groups is 1. The molecule has 1 amide bonds. The summed E-state index contributed by atoms with van der Waals surface area (Å²) in [6.07, 6.45) is -2.98. The molecule has 8 heteroatoms. The number of carbonyl (C=O) groups is 2. The highest BCUT2D eigenvalue weighted by atomic mass is 16.7. The lowest BCUT2D eigenvalue weighted by molar-refractivity contribution is -0.166. The summed E-state index contributed by atoms with van der Waals surface area (Å²) >= 11 is 0. The Morgan fingerprint density at radius 2 is 1.30 bits per heavy atom. The van der Waals surface area contributed by atoms with Crippen LogP contribution in [0.5, 0.6) is 0 Å². The number of carboxylic acids is 1. The Morgan fingerprint density at radius 1 is 0.800 bits per heavy atom. The minimum Gasteiger partial charge on any atom is -0.481 e. The number of nitrogens with one attached hydrogen (secondary N) is 1. The van der Waals surface area contributed by atoms with Gasteiger partial charge in [0, 0.05) is 0 Å². The first-order valence-corrected chi connectivity index (χ1v) is 13.3. The Hall–Kier alpha value is -3.72. The quantitative estimate of drug-likeness (QED) is 0.192. The minimum absolute atomic E-state index is 0.0760. The summed E-state index contributed by atoms with van der Waals surface area (Å²) in [5.74, 6) is -2.38. The first-order chi connectivity index (χ1) is 19.1. The molecule has 3 N–H and O–H groups in total. The van der Waals surface area contributed by atoms with Gasteiger partial charge < -0.3 is 29.7 Å². The zero-order valence-electron chi connectivity index (χ0n) is 23.2. The highest BCUT2D eigenvalue weighted by Crippen LogP contribution is 2.22. The van der Waals surface area contributed by atoms with Crippen LogP contribution in [0.4, 0.5) is 4.79 Å². The van der Waals surface area contributed by atoms with Gasteiger partial charge >= 0.3 is 12.1 Å². The zero-order valence-corrected chi connectivity index (χ0v) is 23.2. The van der Waals surface area contributed by atoms with E-state index in [4.69, 9.17) is 14.2 Å². The van der Waals surface area contributed by atoms with Crippen LogP contribution in [-0.4, -0.2) is 52.9 Å². The molecule has 1 unspecified atom stereocenters. The lowest BCUT2D eigenvalue weighted by atomic mass is 9.86. The molecule has 0 saturated heterocycles. The van der Waals surface area contributed by atoms with Crippen molar-refractivity contribution < 1.29 is 34.0 Å². The first kappa shape index (κ1) is 30.8. The van der Waals surface area contributed by atoms with E-state index in [-0.39, 0.29) is 26.2 Å². The minimum atomic E-state index is -1.48. The molecule has 0 saturated carbocycles. The molecule has 0 aliphatic rings. The monoisotopic (exact) mass is 549 g/mol. The molecule has 0 spiro atoms. The molecule has 4 atom stereocenters. The van der Waals surface area contributed by atoms with Gasteiger partial charge in [-0.25, -0.2) is 4.79 Å². The number of amides is 1. The fourth-order valence-electron chi connectivity index (χ4n) is 4.34. The molecule has 0 aromatic heterocycles. The fraction of sp³-hybridized carbons (Fsp3) is 0.375. The number of benzene rings is 3. The van der Waals surface area contributed by atoms with E-state index in [2.05, 4.69) is 5.32 Å². The van der Waals surface area contributed by atoms with Crippen LogP contribution in [-0.2, 0) is 38.5 Å². The second-order valence-corrected chi connectivity index (χ2v) is 10.7. The van der Waals surface area contributed by atoms with Crippen LogP contribution >= 0.6 is 0 Å². The topological polar surface area (TPSA) is 114 Å². The molecule has 3 rings (SSSR count). The van der Waals surface area contributed by atoms with Gasteiger partial charge in [0.15, 0.2) is 0 Å². The van der Waals surface area contributed by atoms with E-state index in [0.717, 1.165) is 16.7 Å². The van der Waals surface area contributed by atoms with E-state index in [9.17, 15) is 19.8 Å². The molecular formula is C32H39NO7. The third-order valence-electron chi connectivity index (χ3n) is 6.22.